The molecule has 1 aliphatic carbocycles. The second-order valence-electron chi connectivity index (χ2n) is 2.05. The zero-order chi connectivity index (χ0) is 7.07. The van der Waals surface area contributed by atoms with Gasteiger partial charge >= 0.3 is 34.1 Å². The SMILES string of the molecule is C1=CCC=C1.[Fe+2].[Fe+2].c1cc[cH-]c1. The van der Waals surface area contributed by atoms with E-state index in [0.29, 0.717) is 0 Å². The van der Waals surface area contributed by atoms with Crippen molar-refractivity contribution >= 4 is 0 Å². The second kappa shape index (κ2) is 10.9. The molecular weight excluding hydrogens is 232 g/mol. The van der Waals surface area contributed by atoms with E-state index in [2.05, 4.69) is 24.3 Å². The van der Waals surface area contributed by atoms with Crippen LogP contribution in [-0.2, 0) is 34.1 Å². The fourth-order valence-electron chi connectivity index (χ4n) is 0.714. The molecule has 1 aromatic rings. The third-order valence-electron chi connectivity index (χ3n) is 1.21. The monoisotopic (exact) mass is 243 g/mol. The molecule has 1 aliphatic rings. The number of hydrogen-bond acceptors (Lipinski definition) is 0. The summed E-state index contributed by atoms with van der Waals surface area (Å²) in [6.45, 7) is 0. The van der Waals surface area contributed by atoms with Crippen molar-refractivity contribution in [3.05, 3.63) is 54.6 Å². The van der Waals surface area contributed by atoms with E-state index < -0.39 is 0 Å². The molecule has 0 fully saturated rings. The van der Waals surface area contributed by atoms with Gasteiger partial charge in [-0.25, -0.2) is 12.1 Å². The molecule has 0 atom stereocenters. The van der Waals surface area contributed by atoms with E-state index in [9.17, 15) is 0 Å². The van der Waals surface area contributed by atoms with Crippen LogP contribution < -0.4 is 0 Å². The maximum Gasteiger partial charge on any atom is 2.00 e. The maximum atomic E-state index is 2.12. The normalized spacial score (nSPS) is 10.7. The average Bonchev–Trinajstić information content (AvgIpc) is 2.67. The quantitative estimate of drug-likeness (QED) is 0.485. The molecule has 0 aliphatic heterocycles. The van der Waals surface area contributed by atoms with Gasteiger partial charge in [-0.1, -0.05) is 24.3 Å². The Morgan fingerprint density at radius 2 is 1.33 bits per heavy atom. The molecule has 0 saturated heterocycles. The van der Waals surface area contributed by atoms with Crippen LogP contribution in [-0.4, -0.2) is 0 Å². The second-order valence-corrected chi connectivity index (χ2v) is 2.05. The van der Waals surface area contributed by atoms with Crippen molar-refractivity contribution in [3.63, 3.8) is 0 Å². The molecule has 0 spiro atoms. The van der Waals surface area contributed by atoms with Crippen LogP contribution in [0.25, 0.3) is 0 Å². The summed E-state index contributed by atoms with van der Waals surface area (Å²) in [4.78, 5) is 0. The first-order valence-corrected chi connectivity index (χ1v) is 3.48. The van der Waals surface area contributed by atoms with Gasteiger partial charge in [-0.15, -0.1) is 0 Å². The summed E-state index contributed by atoms with van der Waals surface area (Å²) in [6, 6.07) is 10.0. The Balaban J connectivity index is 0. The third kappa shape index (κ3) is 7.97. The molecule has 0 nitrogen and oxygen atoms in total. The topological polar surface area (TPSA) is 0 Å². The van der Waals surface area contributed by atoms with Crippen LogP contribution in [0, 0.1) is 0 Å². The van der Waals surface area contributed by atoms with Gasteiger partial charge in [0.1, 0.15) is 0 Å². The average molecular weight is 243 g/mol. The van der Waals surface area contributed by atoms with Crippen molar-refractivity contribution in [2.75, 3.05) is 0 Å². The third-order valence-corrected chi connectivity index (χ3v) is 1.21. The Bertz CT molecular complexity index is 170. The molecule has 0 aromatic heterocycles. The van der Waals surface area contributed by atoms with Crippen LogP contribution in [0.1, 0.15) is 6.42 Å². The smallest absolute Gasteiger partial charge is 0.214 e. The predicted molar refractivity (Wildman–Crippen MR) is 44.9 cm³/mol. The molecule has 0 N–H and O–H groups in total. The van der Waals surface area contributed by atoms with E-state index in [-0.39, 0.29) is 34.1 Å². The van der Waals surface area contributed by atoms with E-state index >= 15 is 0 Å². The summed E-state index contributed by atoms with van der Waals surface area (Å²) < 4.78 is 0. The number of rotatable bonds is 0. The zero-order valence-electron chi connectivity index (χ0n) is 6.61. The number of hydrogen-bond donors (Lipinski definition) is 0. The van der Waals surface area contributed by atoms with Gasteiger partial charge in [-0.2, -0.15) is 18.2 Å². The van der Waals surface area contributed by atoms with Crippen molar-refractivity contribution < 1.29 is 34.1 Å². The minimum atomic E-state index is 0. The van der Waals surface area contributed by atoms with Gasteiger partial charge in [0.05, 0.1) is 0 Å². The van der Waals surface area contributed by atoms with Gasteiger partial charge in [-0.3, -0.25) is 0 Å². The van der Waals surface area contributed by atoms with E-state index in [0.717, 1.165) is 6.42 Å². The van der Waals surface area contributed by atoms with Crippen LogP contribution in [0.5, 0.6) is 0 Å². The molecule has 0 saturated carbocycles. The Morgan fingerprint density at radius 3 is 1.50 bits per heavy atom. The van der Waals surface area contributed by atoms with Gasteiger partial charge in [-0.05, 0) is 6.42 Å². The first-order valence-electron chi connectivity index (χ1n) is 3.48. The minimum Gasteiger partial charge on any atom is -0.214 e. The summed E-state index contributed by atoms with van der Waals surface area (Å²) >= 11 is 0. The van der Waals surface area contributed by atoms with Crippen molar-refractivity contribution in [1.82, 2.24) is 0 Å². The summed E-state index contributed by atoms with van der Waals surface area (Å²) in [6.07, 6.45) is 9.50. The summed E-state index contributed by atoms with van der Waals surface area (Å²) in [7, 11) is 0. The molecule has 12 heavy (non-hydrogen) atoms. The van der Waals surface area contributed by atoms with Crippen LogP contribution in [0.15, 0.2) is 54.6 Å². The maximum absolute atomic E-state index is 2.12. The fourth-order valence-corrected chi connectivity index (χ4v) is 0.714. The predicted octanol–water partition coefficient (Wildman–Crippen LogP) is 2.90. The largest absolute Gasteiger partial charge is 2.00 e. The van der Waals surface area contributed by atoms with E-state index in [1.54, 1.807) is 0 Å². The Morgan fingerprint density at radius 1 is 0.833 bits per heavy atom. The van der Waals surface area contributed by atoms with Crippen LogP contribution >= 0.6 is 0 Å². The van der Waals surface area contributed by atoms with Crippen molar-refractivity contribution in [1.29, 1.82) is 0 Å². The molecule has 0 radical (unpaired) electrons. The van der Waals surface area contributed by atoms with E-state index in [4.69, 9.17) is 0 Å². The van der Waals surface area contributed by atoms with Gasteiger partial charge in [0, 0.05) is 0 Å². The molecule has 0 heterocycles. The van der Waals surface area contributed by atoms with Crippen LogP contribution in [0.3, 0.4) is 0 Å². The fraction of sp³-hybridized carbons (Fsp3) is 0.100. The Hall–Kier alpha value is -0.131. The summed E-state index contributed by atoms with van der Waals surface area (Å²) in [5, 5.41) is 0. The Labute approximate surface area is 95.1 Å². The van der Waals surface area contributed by atoms with Gasteiger partial charge < -0.3 is 0 Å². The minimum absolute atomic E-state index is 0. The standard InChI is InChI=1S/C5H6.C5H5.2Fe/c2*1-2-4-5-3-1;;/h1-4H,5H2;1-5H;;/q;-1;2*+2. The van der Waals surface area contributed by atoms with Crippen molar-refractivity contribution in [2.24, 2.45) is 0 Å². The van der Waals surface area contributed by atoms with Crippen molar-refractivity contribution in [3.8, 4) is 0 Å². The van der Waals surface area contributed by atoms with E-state index in [1.165, 1.54) is 0 Å². The van der Waals surface area contributed by atoms with E-state index in [1.807, 2.05) is 30.3 Å². The van der Waals surface area contributed by atoms with Gasteiger partial charge in [0.15, 0.2) is 0 Å². The van der Waals surface area contributed by atoms with Gasteiger partial charge in [0.2, 0.25) is 0 Å². The van der Waals surface area contributed by atoms with Crippen molar-refractivity contribution in [2.45, 2.75) is 6.42 Å². The molecule has 0 bridgehead atoms. The molecule has 2 heteroatoms. The van der Waals surface area contributed by atoms with Crippen LogP contribution in [0.2, 0.25) is 0 Å². The molecule has 0 amide bonds. The molecule has 0 unspecified atom stereocenters. The Kier molecular flexibility index (Phi) is 13.0. The summed E-state index contributed by atoms with van der Waals surface area (Å²) in [5.74, 6) is 0. The molecule has 64 valence electrons. The van der Waals surface area contributed by atoms with Crippen LogP contribution in [0.4, 0.5) is 0 Å². The molecular formula is C10H11Fe2+3. The molecule has 2 rings (SSSR count). The number of allylic oxidation sites excluding steroid dienone is 4. The first kappa shape index (κ1) is 14.4. The summed E-state index contributed by atoms with van der Waals surface area (Å²) in [5.41, 5.74) is 0. The van der Waals surface area contributed by atoms with Gasteiger partial charge in [0.25, 0.3) is 0 Å². The molecule has 1 aromatic carbocycles. The first-order chi connectivity index (χ1) is 5.00. The zero-order valence-corrected chi connectivity index (χ0v) is 8.82.